The molecule has 0 bridgehead atoms. The van der Waals surface area contributed by atoms with E-state index in [1.807, 2.05) is 0 Å². The Balaban J connectivity index is 2.10. The predicted molar refractivity (Wildman–Crippen MR) is 62.0 cm³/mol. The minimum absolute atomic E-state index is 0.209. The monoisotopic (exact) mass is 215 g/mol. The van der Waals surface area contributed by atoms with Gasteiger partial charge in [-0.3, -0.25) is 0 Å². The molecule has 0 radical (unpaired) electrons. The van der Waals surface area contributed by atoms with Crippen LogP contribution >= 0.6 is 0 Å². The van der Waals surface area contributed by atoms with Crippen LogP contribution in [0.25, 0.3) is 0 Å². The van der Waals surface area contributed by atoms with Crippen LogP contribution < -0.4 is 0 Å². The standard InChI is InChI=1S/C12H25NO2/c1-3-4-5-7-13(2)9-12(14)11-6-8-15-10-11/h11-12,14H,3-10H2,1-2H3. The highest BCUT2D eigenvalue weighted by Crippen LogP contribution is 2.17. The second-order valence-electron chi connectivity index (χ2n) is 4.66. The number of rotatable bonds is 7. The largest absolute Gasteiger partial charge is 0.391 e. The molecule has 0 aliphatic carbocycles. The summed E-state index contributed by atoms with van der Waals surface area (Å²) < 4.78 is 5.28. The summed E-state index contributed by atoms with van der Waals surface area (Å²) in [6, 6.07) is 0. The molecule has 1 aliphatic heterocycles. The Hall–Kier alpha value is -0.120. The lowest BCUT2D eigenvalue weighted by Gasteiger charge is -2.23. The molecule has 0 aromatic rings. The summed E-state index contributed by atoms with van der Waals surface area (Å²) in [5.41, 5.74) is 0. The number of nitrogens with zero attached hydrogens (tertiary/aromatic N) is 1. The smallest absolute Gasteiger partial charge is 0.0717 e. The van der Waals surface area contributed by atoms with Gasteiger partial charge in [-0.15, -0.1) is 0 Å². The van der Waals surface area contributed by atoms with E-state index < -0.39 is 0 Å². The molecule has 1 saturated heterocycles. The van der Waals surface area contributed by atoms with E-state index in [1.165, 1.54) is 19.3 Å². The lowest BCUT2D eigenvalue weighted by molar-refractivity contribution is 0.0629. The molecule has 1 N–H and O–H groups in total. The van der Waals surface area contributed by atoms with Crippen LogP contribution in [0.4, 0.5) is 0 Å². The van der Waals surface area contributed by atoms with Crippen molar-refractivity contribution in [2.24, 2.45) is 5.92 Å². The van der Waals surface area contributed by atoms with Gasteiger partial charge in [0.2, 0.25) is 0 Å². The van der Waals surface area contributed by atoms with E-state index in [1.54, 1.807) is 0 Å². The summed E-state index contributed by atoms with van der Waals surface area (Å²) in [7, 11) is 2.09. The maximum atomic E-state index is 9.95. The molecule has 0 aromatic heterocycles. The topological polar surface area (TPSA) is 32.7 Å². The average molecular weight is 215 g/mol. The summed E-state index contributed by atoms with van der Waals surface area (Å²) >= 11 is 0. The zero-order valence-electron chi connectivity index (χ0n) is 10.1. The highest BCUT2D eigenvalue weighted by molar-refractivity contribution is 4.74. The Morgan fingerprint density at radius 2 is 2.27 bits per heavy atom. The molecule has 0 aromatic carbocycles. The molecule has 0 spiro atoms. The van der Waals surface area contributed by atoms with Crippen LogP contribution in [0.3, 0.4) is 0 Å². The van der Waals surface area contributed by atoms with Gasteiger partial charge in [0.1, 0.15) is 0 Å². The fourth-order valence-corrected chi connectivity index (χ4v) is 2.05. The number of ether oxygens (including phenoxy) is 1. The third-order valence-electron chi connectivity index (χ3n) is 3.15. The second kappa shape index (κ2) is 7.20. The summed E-state index contributed by atoms with van der Waals surface area (Å²) in [6.45, 7) is 5.66. The van der Waals surface area contributed by atoms with Gasteiger partial charge in [-0.1, -0.05) is 19.8 Å². The molecule has 3 nitrogen and oxygen atoms in total. The molecule has 90 valence electrons. The molecule has 1 aliphatic rings. The Morgan fingerprint density at radius 1 is 1.47 bits per heavy atom. The molecule has 1 rings (SSSR count). The quantitative estimate of drug-likeness (QED) is 0.653. The molecule has 2 unspecified atom stereocenters. The van der Waals surface area contributed by atoms with E-state index >= 15 is 0 Å². The van der Waals surface area contributed by atoms with Crippen LogP contribution in [0, 0.1) is 5.92 Å². The molecule has 1 heterocycles. The van der Waals surface area contributed by atoms with Gasteiger partial charge in [0.05, 0.1) is 12.7 Å². The van der Waals surface area contributed by atoms with Crippen LogP contribution in [-0.2, 0) is 4.74 Å². The van der Waals surface area contributed by atoms with E-state index in [0.717, 1.165) is 32.7 Å². The van der Waals surface area contributed by atoms with Crippen molar-refractivity contribution in [1.82, 2.24) is 4.90 Å². The van der Waals surface area contributed by atoms with Crippen LogP contribution in [0.5, 0.6) is 0 Å². The number of aliphatic hydroxyl groups excluding tert-OH is 1. The van der Waals surface area contributed by atoms with Gasteiger partial charge >= 0.3 is 0 Å². The van der Waals surface area contributed by atoms with Gasteiger partial charge in [-0.25, -0.2) is 0 Å². The summed E-state index contributed by atoms with van der Waals surface area (Å²) in [5.74, 6) is 0.360. The molecule has 3 heteroatoms. The SMILES string of the molecule is CCCCCN(C)CC(O)C1CCOC1. The lowest BCUT2D eigenvalue weighted by Crippen LogP contribution is -2.35. The first-order valence-electron chi connectivity index (χ1n) is 6.18. The zero-order valence-corrected chi connectivity index (χ0v) is 10.1. The van der Waals surface area contributed by atoms with E-state index in [4.69, 9.17) is 4.74 Å². The van der Waals surface area contributed by atoms with Crippen molar-refractivity contribution in [2.45, 2.75) is 38.7 Å². The van der Waals surface area contributed by atoms with E-state index in [0.29, 0.717) is 5.92 Å². The Morgan fingerprint density at radius 3 is 2.87 bits per heavy atom. The molecular formula is C12H25NO2. The third-order valence-corrected chi connectivity index (χ3v) is 3.15. The molecule has 1 fully saturated rings. The summed E-state index contributed by atoms with van der Waals surface area (Å²) in [6.07, 6.45) is 4.59. The maximum Gasteiger partial charge on any atom is 0.0717 e. The van der Waals surface area contributed by atoms with Gasteiger partial charge in [-0.2, -0.15) is 0 Å². The van der Waals surface area contributed by atoms with Crippen molar-refractivity contribution in [3.63, 3.8) is 0 Å². The van der Waals surface area contributed by atoms with Crippen LogP contribution in [0.15, 0.2) is 0 Å². The fraction of sp³-hybridized carbons (Fsp3) is 1.00. The maximum absolute atomic E-state index is 9.95. The van der Waals surface area contributed by atoms with Gasteiger partial charge in [0.15, 0.2) is 0 Å². The van der Waals surface area contributed by atoms with Crippen LogP contribution in [0.1, 0.15) is 32.6 Å². The van der Waals surface area contributed by atoms with E-state index in [-0.39, 0.29) is 6.10 Å². The van der Waals surface area contributed by atoms with Gasteiger partial charge in [0, 0.05) is 19.1 Å². The van der Waals surface area contributed by atoms with E-state index in [9.17, 15) is 5.11 Å². The van der Waals surface area contributed by atoms with Crippen LogP contribution in [-0.4, -0.2) is 49.5 Å². The highest BCUT2D eigenvalue weighted by Gasteiger charge is 2.24. The first-order chi connectivity index (χ1) is 7.24. The van der Waals surface area contributed by atoms with Gasteiger partial charge in [0.25, 0.3) is 0 Å². The molecule has 15 heavy (non-hydrogen) atoms. The van der Waals surface area contributed by atoms with Crippen molar-refractivity contribution in [3.8, 4) is 0 Å². The van der Waals surface area contributed by atoms with Crippen molar-refractivity contribution in [3.05, 3.63) is 0 Å². The Bertz CT molecular complexity index is 158. The third kappa shape index (κ3) is 4.96. The minimum Gasteiger partial charge on any atom is -0.391 e. The molecule has 2 atom stereocenters. The van der Waals surface area contributed by atoms with Crippen molar-refractivity contribution >= 4 is 0 Å². The number of hydrogen-bond acceptors (Lipinski definition) is 3. The molecule has 0 amide bonds. The molecule has 0 saturated carbocycles. The number of aliphatic hydroxyl groups is 1. The highest BCUT2D eigenvalue weighted by atomic mass is 16.5. The summed E-state index contributed by atoms with van der Waals surface area (Å²) in [4.78, 5) is 2.23. The first-order valence-corrected chi connectivity index (χ1v) is 6.18. The number of unbranched alkanes of at least 4 members (excludes halogenated alkanes) is 2. The molecular weight excluding hydrogens is 190 g/mol. The van der Waals surface area contributed by atoms with E-state index in [2.05, 4.69) is 18.9 Å². The fourth-order valence-electron chi connectivity index (χ4n) is 2.05. The van der Waals surface area contributed by atoms with Gasteiger partial charge < -0.3 is 14.7 Å². The zero-order chi connectivity index (χ0) is 11.1. The van der Waals surface area contributed by atoms with Crippen LogP contribution in [0.2, 0.25) is 0 Å². The second-order valence-corrected chi connectivity index (χ2v) is 4.66. The first kappa shape index (κ1) is 12.9. The van der Waals surface area contributed by atoms with Crippen molar-refractivity contribution in [1.29, 1.82) is 0 Å². The lowest BCUT2D eigenvalue weighted by atomic mass is 10.0. The van der Waals surface area contributed by atoms with Crippen molar-refractivity contribution in [2.75, 3.05) is 33.4 Å². The minimum atomic E-state index is -0.209. The average Bonchev–Trinajstić information content (AvgIpc) is 2.70. The number of likely N-dealkylation sites (N-methyl/N-ethyl adjacent to an activating group) is 1. The summed E-state index contributed by atoms with van der Waals surface area (Å²) in [5, 5.41) is 9.95. The Labute approximate surface area is 93.4 Å². The predicted octanol–water partition coefficient (Wildman–Crippen LogP) is 1.51. The Kier molecular flexibility index (Phi) is 6.22. The normalized spacial score (nSPS) is 23.6. The van der Waals surface area contributed by atoms with Gasteiger partial charge in [-0.05, 0) is 26.4 Å². The number of hydrogen-bond donors (Lipinski definition) is 1. The van der Waals surface area contributed by atoms with Crippen molar-refractivity contribution < 1.29 is 9.84 Å².